The zero-order valence-electron chi connectivity index (χ0n) is 12.5. The summed E-state index contributed by atoms with van der Waals surface area (Å²) in [6.07, 6.45) is 1.94. The molecule has 1 saturated heterocycles. The van der Waals surface area contributed by atoms with Gasteiger partial charge in [-0.05, 0) is 38.1 Å². The number of hydrogen-bond acceptors (Lipinski definition) is 3. The largest absolute Gasteiger partial charge is 0.384 e. The highest BCUT2D eigenvalue weighted by Crippen LogP contribution is 2.29. The number of halogens is 3. The monoisotopic (exact) mass is 366 g/mol. The van der Waals surface area contributed by atoms with Gasteiger partial charge in [0, 0.05) is 19.1 Å². The Hall–Kier alpha value is -0.520. The molecule has 2 rings (SSSR count). The van der Waals surface area contributed by atoms with E-state index in [1.807, 2.05) is 0 Å². The summed E-state index contributed by atoms with van der Waals surface area (Å²) in [7, 11) is 1.69. The Bertz CT molecular complexity index is 480. The fourth-order valence-corrected chi connectivity index (χ4v) is 3.28. The zero-order chi connectivity index (χ0) is 15.3. The van der Waals surface area contributed by atoms with E-state index >= 15 is 0 Å². The van der Waals surface area contributed by atoms with Crippen molar-refractivity contribution in [1.82, 2.24) is 10.6 Å². The summed E-state index contributed by atoms with van der Waals surface area (Å²) in [5.74, 6) is -0.236. The van der Waals surface area contributed by atoms with Crippen LogP contribution in [-0.2, 0) is 4.74 Å². The highest BCUT2D eigenvalue weighted by molar-refractivity contribution is 6.39. The number of nitrogens with one attached hydrogen (secondary N) is 2. The zero-order valence-corrected chi connectivity index (χ0v) is 14.8. The lowest BCUT2D eigenvalue weighted by molar-refractivity contribution is 0.0512. The van der Waals surface area contributed by atoms with Gasteiger partial charge in [-0.15, -0.1) is 12.4 Å². The first kappa shape index (κ1) is 19.5. The lowest BCUT2D eigenvalue weighted by Crippen LogP contribution is -2.47. The summed E-state index contributed by atoms with van der Waals surface area (Å²) in [6.45, 7) is 3.06. The molecule has 0 radical (unpaired) electrons. The smallest absolute Gasteiger partial charge is 0.254 e. The van der Waals surface area contributed by atoms with Crippen molar-refractivity contribution >= 4 is 41.5 Å². The summed E-state index contributed by atoms with van der Waals surface area (Å²) in [5, 5.41) is 7.02. The number of amides is 1. The molecule has 1 fully saturated rings. The van der Waals surface area contributed by atoms with E-state index in [2.05, 4.69) is 10.6 Å². The van der Waals surface area contributed by atoms with Gasteiger partial charge in [-0.25, -0.2) is 0 Å². The fraction of sp³-hybridized carbons (Fsp3) is 0.533. The van der Waals surface area contributed by atoms with Gasteiger partial charge in [-0.3, -0.25) is 4.79 Å². The Morgan fingerprint density at radius 3 is 2.45 bits per heavy atom. The van der Waals surface area contributed by atoms with Crippen LogP contribution >= 0.6 is 35.6 Å². The van der Waals surface area contributed by atoms with Crippen LogP contribution in [0.1, 0.15) is 23.2 Å². The van der Waals surface area contributed by atoms with Crippen LogP contribution in [0.25, 0.3) is 0 Å². The molecule has 0 saturated carbocycles. The Labute approximate surface area is 147 Å². The summed E-state index contributed by atoms with van der Waals surface area (Å²) in [4.78, 5) is 12.3. The van der Waals surface area contributed by atoms with Crippen molar-refractivity contribution < 1.29 is 9.53 Å². The first-order valence-electron chi connectivity index (χ1n) is 7.00. The topological polar surface area (TPSA) is 50.4 Å². The normalized spacial score (nSPS) is 16.7. The number of hydrogen-bond donors (Lipinski definition) is 2. The maximum Gasteiger partial charge on any atom is 0.254 e. The number of rotatable bonds is 5. The summed E-state index contributed by atoms with van der Waals surface area (Å²) in [5.41, 5.74) is 0.311. The number of benzene rings is 1. The molecule has 2 N–H and O–H groups in total. The molecule has 1 amide bonds. The molecule has 1 aliphatic rings. The minimum Gasteiger partial charge on any atom is -0.384 e. The lowest BCUT2D eigenvalue weighted by atomic mass is 9.79. The van der Waals surface area contributed by atoms with Gasteiger partial charge in [0.25, 0.3) is 5.91 Å². The van der Waals surface area contributed by atoms with Crippen molar-refractivity contribution in [1.29, 1.82) is 0 Å². The van der Waals surface area contributed by atoms with Crippen molar-refractivity contribution in [3.63, 3.8) is 0 Å². The molecule has 4 nitrogen and oxygen atoms in total. The average Bonchev–Trinajstić information content (AvgIpc) is 2.46. The van der Waals surface area contributed by atoms with Crippen molar-refractivity contribution in [3.8, 4) is 0 Å². The Morgan fingerprint density at radius 1 is 1.32 bits per heavy atom. The molecule has 0 aliphatic carbocycles. The van der Waals surface area contributed by atoms with Gasteiger partial charge < -0.3 is 15.4 Å². The molecule has 124 valence electrons. The van der Waals surface area contributed by atoms with Crippen LogP contribution < -0.4 is 10.6 Å². The molecule has 0 atom stereocenters. The third-order valence-electron chi connectivity index (χ3n) is 3.93. The SMILES string of the molecule is COCC1(CNC(=O)c2c(Cl)cccc2Cl)CCNCC1.Cl. The van der Waals surface area contributed by atoms with Crippen molar-refractivity contribution in [2.75, 3.05) is 33.4 Å². The van der Waals surface area contributed by atoms with E-state index < -0.39 is 0 Å². The van der Waals surface area contributed by atoms with E-state index in [0.717, 1.165) is 25.9 Å². The van der Waals surface area contributed by atoms with E-state index in [0.29, 0.717) is 28.8 Å². The van der Waals surface area contributed by atoms with Gasteiger partial charge >= 0.3 is 0 Å². The van der Waals surface area contributed by atoms with Gasteiger partial charge in [0.15, 0.2) is 0 Å². The van der Waals surface area contributed by atoms with Crippen LogP contribution in [0.2, 0.25) is 10.0 Å². The average molecular weight is 368 g/mol. The molecule has 0 bridgehead atoms. The van der Waals surface area contributed by atoms with Gasteiger partial charge in [0.05, 0.1) is 22.2 Å². The number of piperidine rings is 1. The number of methoxy groups -OCH3 is 1. The van der Waals surface area contributed by atoms with E-state index in [4.69, 9.17) is 27.9 Å². The molecule has 0 spiro atoms. The van der Waals surface area contributed by atoms with E-state index in [-0.39, 0.29) is 23.7 Å². The van der Waals surface area contributed by atoms with Crippen LogP contribution in [0.3, 0.4) is 0 Å². The minimum atomic E-state index is -0.236. The van der Waals surface area contributed by atoms with Crippen LogP contribution in [0, 0.1) is 5.41 Å². The summed E-state index contributed by atoms with van der Waals surface area (Å²) >= 11 is 12.1. The van der Waals surface area contributed by atoms with Gasteiger partial charge in [-0.1, -0.05) is 29.3 Å². The number of carbonyl (C=O) groups is 1. The van der Waals surface area contributed by atoms with E-state index in [1.54, 1.807) is 25.3 Å². The lowest BCUT2D eigenvalue weighted by Gasteiger charge is -2.37. The molecule has 7 heteroatoms. The second kappa shape index (κ2) is 8.94. The Morgan fingerprint density at radius 2 is 1.91 bits per heavy atom. The van der Waals surface area contributed by atoms with Crippen LogP contribution in [0.15, 0.2) is 18.2 Å². The van der Waals surface area contributed by atoms with Crippen LogP contribution in [-0.4, -0.2) is 39.3 Å². The van der Waals surface area contributed by atoms with Gasteiger partial charge in [-0.2, -0.15) is 0 Å². The molecule has 0 aromatic heterocycles. The van der Waals surface area contributed by atoms with Gasteiger partial charge in [0.2, 0.25) is 0 Å². The van der Waals surface area contributed by atoms with Crippen molar-refractivity contribution in [3.05, 3.63) is 33.8 Å². The minimum absolute atomic E-state index is 0. The number of carbonyl (C=O) groups excluding carboxylic acids is 1. The molecule has 22 heavy (non-hydrogen) atoms. The van der Waals surface area contributed by atoms with Gasteiger partial charge in [0.1, 0.15) is 0 Å². The maximum absolute atomic E-state index is 12.3. The Balaban J connectivity index is 0.00000242. The first-order valence-corrected chi connectivity index (χ1v) is 7.75. The molecule has 1 aromatic carbocycles. The predicted octanol–water partition coefficient (Wildman–Crippen LogP) is 3.16. The molecule has 1 heterocycles. The second-order valence-electron chi connectivity index (χ2n) is 5.46. The van der Waals surface area contributed by atoms with E-state index in [1.165, 1.54) is 0 Å². The molecule has 0 unspecified atom stereocenters. The van der Waals surface area contributed by atoms with Crippen LogP contribution in [0.4, 0.5) is 0 Å². The summed E-state index contributed by atoms with van der Waals surface area (Å²) < 4.78 is 5.34. The quantitative estimate of drug-likeness (QED) is 0.840. The third-order valence-corrected chi connectivity index (χ3v) is 4.56. The molecule has 1 aromatic rings. The van der Waals surface area contributed by atoms with E-state index in [9.17, 15) is 4.79 Å². The predicted molar refractivity (Wildman–Crippen MR) is 92.5 cm³/mol. The molecule has 1 aliphatic heterocycles. The third kappa shape index (κ3) is 4.74. The van der Waals surface area contributed by atoms with Crippen molar-refractivity contribution in [2.24, 2.45) is 5.41 Å². The second-order valence-corrected chi connectivity index (χ2v) is 6.28. The highest BCUT2D eigenvalue weighted by atomic mass is 35.5. The van der Waals surface area contributed by atoms with Crippen molar-refractivity contribution in [2.45, 2.75) is 12.8 Å². The molecular formula is C15H21Cl3N2O2. The number of ether oxygens (including phenoxy) is 1. The molecular weight excluding hydrogens is 347 g/mol. The first-order chi connectivity index (χ1) is 10.1. The highest BCUT2D eigenvalue weighted by Gasteiger charge is 2.32. The Kier molecular flexibility index (Phi) is 7.94. The maximum atomic E-state index is 12.3. The van der Waals surface area contributed by atoms with Crippen LogP contribution in [0.5, 0.6) is 0 Å². The standard InChI is InChI=1S/C15H20Cl2N2O2.ClH/c1-21-10-15(5-7-18-8-6-15)9-19-14(20)13-11(16)3-2-4-12(13)17;/h2-4,18H,5-10H2,1H3,(H,19,20);1H. The fourth-order valence-electron chi connectivity index (χ4n) is 2.71. The summed E-state index contributed by atoms with van der Waals surface area (Å²) in [6, 6.07) is 5.05.